The Morgan fingerprint density at radius 3 is 2.81 bits per heavy atom. The number of carbonyl (C=O) groups excluding carboxylic acids is 1. The van der Waals surface area contributed by atoms with Crippen LogP contribution in [0.1, 0.15) is 31.7 Å². The molecule has 0 aromatic heterocycles. The van der Waals surface area contributed by atoms with Crippen LogP contribution in [0.25, 0.3) is 0 Å². The summed E-state index contributed by atoms with van der Waals surface area (Å²) in [5.74, 6) is 0.749. The third-order valence-corrected chi connectivity index (χ3v) is 4.29. The van der Waals surface area contributed by atoms with Crippen LogP contribution in [0.3, 0.4) is 0 Å². The molecule has 1 heterocycles. The van der Waals surface area contributed by atoms with Gasteiger partial charge in [-0.25, -0.2) is 0 Å². The van der Waals surface area contributed by atoms with Crippen molar-refractivity contribution in [3.63, 3.8) is 0 Å². The molecule has 116 valence electrons. The predicted octanol–water partition coefficient (Wildman–Crippen LogP) is 1.79. The number of amides is 1. The van der Waals surface area contributed by atoms with Crippen molar-refractivity contribution >= 4 is 5.91 Å². The molecule has 2 unspecified atom stereocenters. The van der Waals surface area contributed by atoms with Gasteiger partial charge in [-0.3, -0.25) is 4.79 Å². The summed E-state index contributed by atoms with van der Waals surface area (Å²) >= 11 is 0. The second-order valence-electron chi connectivity index (χ2n) is 5.77. The molecular formula is C17H26N2O2. The summed E-state index contributed by atoms with van der Waals surface area (Å²) in [6.07, 6.45) is 3.19. The molecule has 4 heteroatoms. The maximum Gasteiger partial charge on any atom is 0.240 e. The molecule has 0 radical (unpaired) electrons. The first kappa shape index (κ1) is 16.0. The Bertz CT molecular complexity index is 436. The first-order chi connectivity index (χ1) is 10.2. The van der Waals surface area contributed by atoms with E-state index in [0.29, 0.717) is 19.0 Å². The zero-order valence-corrected chi connectivity index (χ0v) is 12.8. The van der Waals surface area contributed by atoms with Gasteiger partial charge in [0.15, 0.2) is 0 Å². The van der Waals surface area contributed by atoms with Crippen LogP contribution < -0.4 is 5.32 Å². The van der Waals surface area contributed by atoms with Crippen molar-refractivity contribution in [1.29, 1.82) is 0 Å². The Labute approximate surface area is 127 Å². The molecule has 2 rings (SSSR count). The van der Waals surface area contributed by atoms with E-state index in [1.807, 2.05) is 30.3 Å². The first-order valence-corrected chi connectivity index (χ1v) is 7.91. The molecule has 0 spiro atoms. The standard InChI is InChI=1S/C17H26N2O2/c1-2-14-8-9-18-16(12-14)17(21)19(10-11-20)13-15-6-4-3-5-7-15/h3-7,14,16,18,20H,2,8-13H2,1H3. The lowest BCUT2D eigenvalue weighted by atomic mass is 9.90. The maximum atomic E-state index is 12.7. The van der Waals surface area contributed by atoms with E-state index in [0.717, 1.165) is 31.4 Å². The lowest BCUT2D eigenvalue weighted by Crippen LogP contribution is -2.50. The van der Waals surface area contributed by atoms with Crippen LogP contribution in [0.2, 0.25) is 0 Å². The van der Waals surface area contributed by atoms with Gasteiger partial charge in [0, 0.05) is 13.1 Å². The third-order valence-electron chi connectivity index (χ3n) is 4.29. The van der Waals surface area contributed by atoms with E-state index in [1.54, 1.807) is 4.90 Å². The molecule has 1 amide bonds. The van der Waals surface area contributed by atoms with Gasteiger partial charge in [0.2, 0.25) is 5.91 Å². The van der Waals surface area contributed by atoms with Crippen molar-refractivity contribution in [1.82, 2.24) is 10.2 Å². The number of aliphatic hydroxyl groups excluding tert-OH is 1. The number of rotatable bonds is 6. The summed E-state index contributed by atoms with van der Waals surface area (Å²) in [7, 11) is 0. The number of nitrogens with one attached hydrogen (secondary N) is 1. The summed E-state index contributed by atoms with van der Waals surface area (Å²) < 4.78 is 0. The van der Waals surface area contributed by atoms with Crippen LogP contribution in [0.15, 0.2) is 30.3 Å². The highest BCUT2D eigenvalue weighted by molar-refractivity contribution is 5.82. The monoisotopic (exact) mass is 290 g/mol. The normalized spacial score (nSPS) is 22.0. The van der Waals surface area contributed by atoms with Crippen molar-refractivity contribution in [3.8, 4) is 0 Å². The highest BCUT2D eigenvalue weighted by atomic mass is 16.3. The van der Waals surface area contributed by atoms with E-state index in [2.05, 4.69) is 12.2 Å². The van der Waals surface area contributed by atoms with Crippen LogP contribution in [0, 0.1) is 5.92 Å². The number of piperidine rings is 1. The summed E-state index contributed by atoms with van der Waals surface area (Å²) in [5.41, 5.74) is 1.10. The Hall–Kier alpha value is -1.39. The minimum atomic E-state index is -0.0982. The summed E-state index contributed by atoms with van der Waals surface area (Å²) in [6, 6.07) is 9.85. The molecule has 1 fully saturated rings. The van der Waals surface area contributed by atoms with E-state index in [-0.39, 0.29) is 18.6 Å². The van der Waals surface area contributed by atoms with Gasteiger partial charge in [-0.2, -0.15) is 0 Å². The molecule has 2 N–H and O–H groups in total. The van der Waals surface area contributed by atoms with Crippen LogP contribution in [-0.2, 0) is 11.3 Å². The van der Waals surface area contributed by atoms with Gasteiger partial charge in [-0.1, -0.05) is 43.7 Å². The Balaban J connectivity index is 2.01. The molecule has 21 heavy (non-hydrogen) atoms. The Kier molecular flexibility index (Phi) is 6.21. The van der Waals surface area contributed by atoms with Crippen molar-refractivity contribution < 1.29 is 9.90 Å². The minimum absolute atomic E-state index is 0.00248. The fourth-order valence-corrected chi connectivity index (χ4v) is 2.97. The van der Waals surface area contributed by atoms with E-state index in [1.165, 1.54) is 0 Å². The number of hydrogen-bond donors (Lipinski definition) is 2. The number of nitrogens with zero attached hydrogens (tertiary/aromatic N) is 1. The van der Waals surface area contributed by atoms with Crippen molar-refractivity contribution in [2.75, 3.05) is 19.7 Å². The van der Waals surface area contributed by atoms with Crippen molar-refractivity contribution in [2.24, 2.45) is 5.92 Å². The SMILES string of the molecule is CCC1CCNC(C(=O)N(CCO)Cc2ccccc2)C1. The topological polar surface area (TPSA) is 52.6 Å². The predicted molar refractivity (Wildman–Crippen MR) is 83.8 cm³/mol. The summed E-state index contributed by atoms with van der Waals surface area (Å²) in [4.78, 5) is 14.5. The number of hydrogen-bond acceptors (Lipinski definition) is 3. The molecule has 0 bridgehead atoms. The van der Waals surface area contributed by atoms with Gasteiger partial charge in [-0.15, -0.1) is 0 Å². The Morgan fingerprint density at radius 1 is 1.38 bits per heavy atom. The lowest BCUT2D eigenvalue weighted by Gasteiger charge is -2.33. The van der Waals surface area contributed by atoms with E-state index in [9.17, 15) is 9.90 Å². The summed E-state index contributed by atoms with van der Waals surface area (Å²) in [5, 5.41) is 12.6. The minimum Gasteiger partial charge on any atom is -0.395 e. The van der Waals surface area contributed by atoms with Crippen LogP contribution >= 0.6 is 0 Å². The second kappa shape index (κ2) is 8.15. The van der Waals surface area contributed by atoms with Crippen LogP contribution in [0.4, 0.5) is 0 Å². The maximum absolute atomic E-state index is 12.7. The van der Waals surface area contributed by atoms with Gasteiger partial charge in [0.25, 0.3) is 0 Å². The van der Waals surface area contributed by atoms with E-state index < -0.39 is 0 Å². The van der Waals surface area contributed by atoms with Crippen LogP contribution in [0.5, 0.6) is 0 Å². The molecular weight excluding hydrogens is 264 g/mol. The second-order valence-corrected chi connectivity index (χ2v) is 5.77. The Morgan fingerprint density at radius 2 is 2.14 bits per heavy atom. The van der Waals surface area contributed by atoms with Crippen molar-refractivity contribution in [2.45, 2.75) is 38.8 Å². The third kappa shape index (κ3) is 4.55. The molecule has 0 aliphatic carbocycles. The van der Waals surface area contributed by atoms with Gasteiger partial charge in [0.05, 0.1) is 12.6 Å². The average Bonchev–Trinajstić information content (AvgIpc) is 2.55. The molecule has 1 aliphatic heterocycles. The molecule has 1 aliphatic rings. The number of carbonyl (C=O) groups is 1. The zero-order chi connectivity index (χ0) is 15.1. The highest BCUT2D eigenvalue weighted by Crippen LogP contribution is 2.21. The van der Waals surface area contributed by atoms with E-state index >= 15 is 0 Å². The van der Waals surface area contributed by atoms with Crippen LogP contribution in [-0.4, -0.2) is 41.7 Å². The zero-order valence-electron chi connectivity index (χ0n) is 12.8. The molecule has 4 nitrogen and oxygen atoms in total. The average molecular weight is 290 g/mol. The quantitative estimate of drug-likeness (QED) is 0.840. The van der Waals surface area contributed by atoms with Gasteiger partial charge < -0.3 is 15.3 Å². The number of benzene rings is 1. The van der Waals surface area contributed by atoms with Gasteiger partial charge in [-0.05, 0) is 30.9 Å². The van der Waals surface area contributed by atoms with Crippen molar-refractivity contribution in [3.05, 3.63) is 35.9 Å². The molecule has 1 aromatic rings. The smallest absolute Gasteiger partial charge is 0.240 e. The largest absolute Gasteiger partial charge is 0.395 e. The molecule has 1 saturated heterocycles. The number of aliphatic hydroxyl groups is 1. The molecule has 1 aromatic carbocycles. The van der Waals surface area contributed by atoms with E-state index in [4.69, 9.17) is 0 Å². The fourth-order valence-electron chi connectivity index (χ4n) is 2.97. The van der Waals surface area contributed by atoms with Gasteiger partial charge >= 0.3 is 0 Å². The molecule has 2 atom stereocenters. The highest BCUT2D eigenvalue weighted by Gasteiger charge is 2.29. The first-order valence-electron chi connectivity index (χ1n) is 7.91. The van der Waals surface area contributed by atoms with Gasteiger partial charge in [0.1, 0.15) is 0 Å². The summed E-state index contributed by atoms with van der Waals surface area (Å²) in [6.45, 7) is 4.06. The molecule has 0 saturated carbocycles. The lowest BCUT2D eigenvalue weighted by molar-refractivity contribution is -0.135. The fraction of sp³-hybridized carbons (Fsp3) is 0.588.